The van der Waals surface area contributed by atoms with Gasteiger partial charge in [0.1, 0.15) is 5.69 Å². The first kappa shape index (κ1) is 20.0. The molecule has 0 aliphatic carbocycles. The van der Waals surface area contributed by atoms with Crippen molar-refractivity contribution >= 4 is 34.6 Å². The van der Waals surface area contributed by atoms with E-state index >= 15 is 0 Å². The summed E-state index contributed by atoms with van der Waals surface area (Å²) >= 11 is 5.85. The monoisotopic (exact) mass is 410 g/mol. The molecule has 1 heterocycles. The zero-order valence-electron chi connectivity index (χ0n) is 14.7. The molecule has 28 heavy (non-hydrogen) atoms. The molecule has 0 unspecified atom stereocenters. The van der Waals surface area contributed by atoms with Crippen LogP contribution < -0.4 is 10.2 Å². The molecule has 0 aromatic heterocycles. The van der Waals surface area contributed by atoms with Crippen LogP contribution in [-0.2, 0) is 4.79 Å². The van der Waals surface area contributed by atoms with E-state index in [1.165, 1.54) is 12.1 Å². The largest absolute Gasteiger partial charge is 0.363 e. The van der Waals surface area contributed by atoms with Gasteiger partial charge in [0.05, 0.1) is 11.5 Å². The van der Waals surface area contributed by atoms with Crippen LogP contribution in [0.5, 0.6) is 0 Å². The number of anilines is 2. The first-order valence-electron chi connectivity index (χ1n) is 8.49. The Bertz CT molecular complexity index is 904. The van der Waals surface area contributed by atoms with E-state index in [1.807, 2.05) is 9.80 Å². The Morgan fingerprint density at radius 2 is 1.82 bits per heavy atom. The van der Waals surface area contributed by atoms with Crippen molar-refractivity contribution in [3.05, 3.63) is 63.2 Å². The number of hydrogen-bond donors (Lipinski definition) is 1. The molecular weight excluding hydrogens is 394 g/mol. The summed E-state index contributed by atoms with van der Waals surface area (Å²) in [6.45, 7) is 2.12. The maximum absolute atomic E-state index is 13.2. The van der Waals surface area contributed by atoms with Gasteiger partial charge in [-0.15, -0.1) is 0 Å². The predicted octanol–water partition coefficient (Wildman–Crippen LogP) is 3.29. The minimum Gasteiger partial charge on any atom is -0.363 e. The van der Waals surface area contributed by atoms with Crippen LogP contribution in [0.3, 0.4) is 0 Å². The molecule has 3 rings (SSSR count). The molecule has 0 saturated carbocycles. The summed E-state index contributed by atoms with van der Waals surface area (Å²) in [5.74, 6) is -2.36. The van der Waals surface area contributed by atoms with Crippen molar-refractivity contribution in [1.82, 2.24) is 4.90 Å². The second-order valence-electron chi connectivity index (χ2n) is 6.33. The van der Waals surface area contributed by atoms with Gasteiger partial charge in [-0.25, -0.2) is 8.78 Å². The third-order valence-electron chi connectivity index (χ3n) is 4.42. The Kier molecular flexibility index (Phi) is 6.05. The fourth-order valence-corrected chi connectivity index (χ4v) is 3.20. The lowest BCUT2D eigenvalue weighted by Crippen LogP contribution is -2.48. The number of nitro groups is 1. The molecular formula is C18H17ClF2N4O3. The highest BCUT2D eigenvalue weighted by atomic mass is 35.5. The van der Waals surface area contributed by atoms with Gasteiger partial charge < -0.3 is 10.2 Å². The number of nitro benzene ring substituents is 1. The molecule has 0 bridgehead atoms. The highest BCUT2D eigenvalue weighted by Crippen LogP contribution is 2.31. The van der Waals surface area contributed by atoms with Crippen LogP contribution in [0, 0.1) is 21.7 Å². The molecule has 7 nitrogen and oxygen atoms in total. The highest BCUT2D eigenvalue weighted by Gasteiger charge is 2.25. The number of carbonyl (C=O) groups is 1. The standard InChI is InChI=1S/C18H17ClF2N4O3/c19-12-1-4-16(17(9-12)25(27)28)24-7-5-23(6-8-24)11-18(26)22-13-2-3-14(20)15(21)10-13/h1-4,9-10H,5-8,11H2,(H,22,26). The molecule has 0 radical (unpaired) electrons. The lowest BCUT2D eigenvalue weighted by Gasteiger charge is -2.35. The average Bonchev–Trinajstić information content (AvgIpc) is 2.65. The summed E-state index contributed by atoms with van der Waals surface area (Å²) in [5.41, 5.74) is 0.608. The van der Waals surface area contributed by atoms with Gasteiger partial charge in [-0.1, -0.05) is 11.6 Å². The van der Waals surface area contributed by atoms with Gasteiger partial charge in [0, 0.05) is 49.0 Å². The quantitative estimate of drug-likeness (QED) is 0.604. The molecule has 1 amide bonds. The Hall–Kier alpha value is -2.78. The van der Waals surface area contributed by atoms with Crippen molar-refractivity contribution in [1.29, 1.82) is 0 Å². The van der Waals surface area contributed by atoms with Gasteiger partial charge in [0.15, 0.2) is 11.6 Å². The summed E-state index contributed by atoms with van der Waals surface area (Å²) in [5, 5.41) is 14.1. The van der Waals surface area contributed by atoms with Crippen LogP contribution in [-0.4, -0.2) is 48.5 Å². The molecule has 148 valence electrons. The number of hydrogen-bond acceptors (Lipinski definition) is 5. The second-order valence-corrected chi connectivity index (χ2v) is 6.77. The van der Waals surface area contributed by atoms with E-state index in [-0.39, 0.29) is 23.8 Å². The number of benzene rings is 2. The van der Waals surface area contributed by atoms with E-state index in [4.69, 9.17) is 11.6 Å². The molecule has 2 aromatic rings. The molecule has 0 atom stereocenters. The summed E-state index contributed by atoms with van der Waals surface area (Å²) in [6, 6.07) is 7.69. The first-order chi connectivity index (χ1) is 13.3. The summed E-state index contributed by atoms with van der Waals surface area (Å²) in [4.78, 5) is 26.7. The summed E-state index contributed by atoms with van der Waals surface area (Å²) in [6.07, 6.45) is 0. The first-order valence-corrected chi connectivity index (χ1v) is 8.87. The van der Waals surface area contributed by atoms with Gasteiger partial charge in [-0.3, -0.25) is 19.8 Å². The van der Waals surface area contributed by atoms with E-state index in [9.17, 15) is 23.7 Å². The van der Waals surface area contributed by atoms with E-state index in [0.717, 1.165) is 12.1 Å². The SMILES string of the molecule is O=C(CN1CCN(c2ccc(Cl)cc2[N+](=O)[O-])CC1)Nc1ccc(F)c(F)c1. The number of halogens is 3. The number of nitrogens with one attached hydrogen (secondary N) is 1. The van der Waals surface area contributed by atoms with Gasteiger partial charge in [0.25, 0.3) is 5.69 Å². The lowest BCUT2D eigenvalue weighted by atomic mass is 10.2. The summed E-state index contributed by atoms with van der Waals surface area (Å²) in [7, 11) is 0. The molecule has 1 aliphatic rings. The average molecular weight is 411 g/mol. The molecule has 1 N–H and O–H groups in total. The Morgan fingerprint density at radius 1 is 1.11 bits per heavy atom. The van der Waals surface area contributed by atoms with Crippen LogP contribution in [0.1, 0.15) is 0 Å². The number of amides is 1. The Balaban J connectivity index is 1.56. The summed E-state index contributed by atoms with van der Waals surface area (Å²) < 4.78 is 26.1. The normalized spacial score (nSPS) is 14.8. The molecule has 2 aromatic carbocycles. The fourth-order valence-electron chi connectivity index (χ4n) is 3.03. The van der Waals surface area contributed by atoms with E-state index in [1.54, 1.807) is 12.1 Å². The fraction of sp³-hybridized carbons (Fsp3) is 0.278. The van der Waals surface area contributed by atoms with Crippen LogP contribution in [0.15, 0.2) is 36.4 Å². The third kappa shape index (κ3) is 4.73. The minimum absolute atomic E-state index is 0.0583. The number of nitrogens with zero attached hydrogens (tertiary/aromatic N) is 3. The molecule has 1 saturated heterocycles. The maximum Gasteiger partial charge on any atom is 0.294 e. The van der Waals surface area contributed by atoms with Crippen LogP contribution in [0.2, 0.25) is 5.02 Å². The van der Waals surface area contributed by atoms with E-state index in [2.05, 4.69) is 5.32 Å². The van der Waals surface area contributed by atoms with Crippen molar-refractivity contribution in [2.24, 2.45) is 0 Å². The van der Waals surface area contributed by atoms with Crippen LogP contribution >= 0.6 is 11.6 Å². The molecule has 0 spiro atoms. The number of carbonyl (C=O) groups excluding carboxylic acids is 1. The minimum atomic E-state index is -1.03. The Labute approximate surface area is 164 Å². The topological polar surface area (TPSA) is 78.7 Å². The molecule has 10 heteroatoms. The van der Waals surface area contributed by atoms with Crippen molar-refractivity contribution in [2.45, 2.75) is 0 Å². The highest BCUT2D eigenvalue weighted by molar-refractivity contribution is 6.30. The third-order valence-corrected chi connectivity index (χ3v) is 4.65. The van der Waals surface area contributed by atoms with Gasteiger partial charge >= 0.3 is 0 Å². The maximum atomic E-state index is 13.2. The van der Waals surface area contributed by atoms with Gasteiger partial charge in [0.2, 0.25) is 5.91 Å². The smallest absolute Gasteiger partial charge is 0.294 e. The van der Waals surface area contributed by atoms with E-state index in [0.29, 0.717) is 36.9 Å². The van der Waals surface area contributed by atoms with Crippen LogP contribution in [0.4, 0.5) is 25.8 Å². The lowest BCUT2D eigenvalue weighted by molar-refractivity contribution is -0.384. The van der Waals surface area contributed by atoms with Crippen molar-refractivity contribution < 1.29 is 18.5 Å². The van der Waals surface area contributed by atoms with Crippen LogP contribution in [0.25, 0.3) is 0 Å². The van der Waals surface area contributed by atoms with Gasteiger partial charge in [-0.05, 0) is 24.3 Å². The van der Waals surface area contributed by atoms with E-state index < -0.39 is 16.6 Å². The van der Waals surface area contributed by atoms with Crippen molar-refractivity contribution in [3.8, 4) is 0 Å². The second kappa shape index (κ2) is 8.49. The zero-order valence-corrected chi connectivity index (χ0v) is 15.5. The van der Waals surface area contributed by atoms with Crippen molar-refractivity contribution in [3.63, 3.8) is 0 Å². The number of piperazine rings is 1. The number of rotatable bonds is 5. The Morgan fingerprint density at radius 3 is 2.46 bits per heavy atom. The van der Waals surface area contributed by atoms with Gasteiger partial charge in [-0.2, -0.15) is 0 Å². The predicted molar refractivity (Wildman–Crippen MR) is 102 cm³/mol. The van der Waals surface area contributed by atoms with Crippen molar-refractivity contribution in [2.75, 3.05) is 42.9 Å². The molecule has 1 aliphatic heterocycles. The molecule has 1 fully saturated rings. The zero-order chi connectivity index (χ0) is 20.3.